The van der Waals surface area contributed by atoms with E-state index < -0.39 is 15.6 Å². The quantitative estimate of drug-likeness (QED) is 0.0333. The Morgan fingerprint density at radius 1 is 0.352 bits per heavy atom. The highest BCUT2D eigenvalue weighted by Crippen LogP contribution is 2.39. The Bertz CT molecular complexity index is 853. The topological polar surface area (TPSA) is 117 Å². The van der Waals surface area contributed by atoms with E-state index in [0.717, 1.165) is 38.5 Å². The Labute approximate surface area is 342 Å². The first-order valence-corrected chi connectivity index (χ1v) is 26.8. The van der Waals surface area contributed by atoms with E-state index in [9.17, 15) is 18.9 Å². The predicted octanol–water partition coefficient (Wildman–Crippen LogP) is 10.2. The fourth-order valence-corrected chi connectivity index (χ4v) is 9.19. The van der Waals surface area contributed by atoms with E-state index in [1.54, 1.807) is 0 Å². The van der Waals surface area contributed by atoms with Crippen LogP contribution in [0.15, 0.2) is 0 Å². The zero-order chi connectivity index (χ0) is 40.3. The van der Waals surface area contributed by atoms with Crippen LogP contribution in [-0.2, 0) is 27.2 Å². The minimum atomic E-state index is -4.16. The number of nitrogens with zero attached hydrogens (tertiary/aromatic N) is 2. The maximum absolute atomic E-state index is 11.8. The van der Waals surface area contributed by atoms with Gasteiger partial charge < -0.3 is 36.8 Å². The van der Waals surface area contributed by atoms with Gasteiger partial charge in [0.25, 0.3) is 15.6 Å². The van der Waals surface area contributed by atoms with Crippen LogP contribution < -0.4 is 9.79 Å². The first-order chi connectivity index (χ1) is 25.6. The normalized spacial score (nSPS) is 14.7. The largest absolute Gasteiger partial charge is 0.756 e. The predicted molar refractivity (Wildman–Crippen MR) is 230 cm³/mol. The van der Waals surface area contributed by atoms with Crippen LogP contribution in [0.4, 0.5) is 0 Å². The third-order valence-electron chi connectivity index (χ3n) is 9.22. The Kier molecular flexibility index (Phi) is 36.3. The van der Waals surface area contributed by atoms with Gasteiger partial charge in [-0.25, -0.2) is 0 Å². The molecular formula is C40H86N2O8P2S2. The van der Waals surface area contributed by atoms with E-state index >= 15 is 0 Å². The van der Waals surface area contributed by atoms with Crippen molar-refractivity contribution in [2.75, 3.05) is 105 Å². The summed E-state index contributed by atoms with van der Waals surface area (Å²) in [6, 6.07) is 0. The Balaban J connectivity index is 3.23. The summed E-state index contributed by atoms with van der Waals surface area (Å²) in [5, 5.41) is 0. The van der Waals surface area contributed by atoms with Gasteiger partial charge in [0.05, 0.1) is 55.5 Å². The number of unbranched alkanes of at least 4 members (excludes halogenated alkanes) is 21. The van der Waals surface area contributed by atoms with Gasteiger partial charge in [0.1, 0.15) is 26.3 Å². The Morgan fingerprint density at radius 2 is 0.556 bits per heavy atom. The van der Waals surface area contributed by atoms with Gasteiger partial charge in [0, 0.05) is 0 Å². The van der Waals surface area contributed by atoms with Gasteiger partial charge in [0.2, 0.25) is 0 Å². The van der Waals surface area contributed by atoms with Gasteiger partial charge in [-0.1, -0.05) is 116 Å². The fourth-order valence-electron chi connectivity index (χ4n) is 5.69. The number of hydrogen-bond donors (Lipinski definition) is 0. The van der Waals surface area contributed by atoms with E-state index in [0.29, 0.717) is 22.1 Å². The molecule has 2 atom stereocenters. The second kappa shape index (κ2) is 35.8. The molecule has 326 valence electrons. The molecular weight excluding hydrogens is 763 g/mol. The SMILES string of the molecule is C[N+](C)(C)CCOP(=O)([O-])OCCCCCCCCCCCSCCCCCCCCSCCCCCCCCCCCOP(=O)([O-])OCC[N+](C)(C)C. The molecule has 0 aliphatic rings. The van der Waals surface area contributed by atoms with E-state index in [2.05, 4.69) is 23.5 Å². The van der Waals surface area contributed by atoms with Crippen LogP contribution in [0.5, 0.6) is 0 Å². The summed E-state index contributed by atoms with van der Waals surface area (Å²) in [5.41, 5.74) is 0. The van der Waals surface area contributed by atoms with Crippen LogP contribution in [-0.4, -0.2) is 114 Å². The summed E-state index contributed by atoms with van der Waals surface area (Å²) in [4.78, 5) is 23.6. The van der Waals surface area contributed by atoms with E-state index in [4.69, 9.17) is 18.1 Å². The molecule has 0 amide bonds. The number of quaternary nitrogens is 2. The van der Waals surface area contributed by atoms with Crippen molar-refractivity contribution in [1.29, 1.82) is 0 Å². The first-order valence-electron chi connectivity index (χ1n) is 21.6. The number of likely N-dealkylation sites (N-methyl/N-ethyl adjacent to an activating group) is 2. The minimum Gasteiger partial charge on any atom is -0.756 e. The molecule has 0 aliphatic carbocycles. The van der Waals surface area contributed by atoms with E-state index in [-0.39, 0.29) is 26.4 Å². The zero-order valence-corrected chi connectivity index (χ0v) is 39.3. The molecule has 2 unspecified atom stereocenters. The van der Waals surface area contributed by atoms with Crippen molar-refractivity contribution >= 4 is 39.2 Å². The lowest BCUT2D eigenvalue weighted by Crippen LogP contribution is -2.37. The maximum atomic E-state index is 11.8. The van der Waals surface area contributed by atoms with Crippen molar-refractivity contribution in [1.82, 2.24) is 0 Å². The number of phosphoric acid groups is 2. The van der Waals surface area contributed by atoms with Crippen LogP contribution >= 0.6 is 39.2 Å². The second-order valence-corrected chi connectivity index (χ2v) is 22.2. The van der Waals surface area contributed by atoms with Gasteiger partial charge >= 0.3 is 0 Å². The molecule has 0 heterocycles. The molecule has 0 aromatic heterocycles. The summed E-state index contributed by atoms with van der Waals surface area (Å²) in [6.07, 6.45) is 29.8. The van der Waals surface area contributed by atoms with Gasteiger partial charge in [0.15, 0.2) is 0 Å². The first kappa shape index (κ1) is 54.8. The molecule has 0 saturated carbocycles. The summed E-state index contributed by atoms with van der Waals surface area (Å²) < 4.78 is 44.7. The molecule has 0 aliphatic heterocycles. The molecule has 10 nitrogen and oxygen atoms in total. The highest BCUT2D eigenvalue weighted by atomic mass is 32.2. The lowest BCUT2D eigenvalue weighted by Gasteiger charge is -2.27. The molecule has 0 radical (unpaired) electrons. The number of rotatable bonds is 43. The van der Waals surface area contributed by atoms with Crippen LogP contribution in [0, 0.1) is 0 Å². The van der Waals surface area contributed by atoms with Crippen molar-refractivity contribution in [2.24, 2.45) is 0 Å². The maximum Gasteiger partial charge on any atom is 0.268 e. The molecule has 0 saturated heterocycles. The smallest absolute Gasteiger partial charge is 0.268 e. The zero-order valence-electron chi connectivity index (χ0n) is 35.9. The van der Waals surface area contributed by atoms with Gasteiger partial charge in [-0.05, 0) is 61.5 Å². The minimum absolute atomic E-state index is 0.159. The van der Waals surface area contributed by atoms with Crippen molar-refractivity contribution in [2.45, 2.75) is 154 Å². The lowest BCUT2D eigenvalue weighted by molar-refractivity contribution is -0.870. The molecule has 14 heteroatoms. The summed E-state index contributed by atoms with van der Waals surface area (Å²) >= 11 is 4.28. The molecule has 0 spiro atoms. The number of hydrogen-bond acceptors (Lipinski definition) is 10. The van der Waals surface area contributed by atoms with Crippen LogP contribution in [0.25, 0.3) is 0 Å². The van der Waals surface area contributed by atoms with Crippen molar-refractivity contribution in [3.8, 4) is 0 Å². The van der Waals surface area contributed by atoms with E-state index in [1.807, 2.05) is 42.3 Å². The molecule has 0 bridgehead atoms. The van der Waals surface area contributed by atoms with Crippen LogP contribution in [0.2, 0.25) is 0 Å². The van der Waals surface area contributed by atoms with Gasteiger partial charge in [-0.3, -0.25) is 9.13 Å². The molecule has 0 rings (SSSR count). The molecule has 0 N–H and O–H groups in total. The molecule has 54 heavy (non-hydrogen) atoms. The number of thioether (sulfide) groups is 2. The second-order valence-electron chi connectivity index (χ2n) is 17.0. The molecule has 0 fully saturated rings. The van der Waals surface area contributed by atoms with Crippen molar-refractivity contribution in [3.05, 3.63) is 0 Å². The highest BCUT2D eigenvalue weighted by Gasteiger charge is 2.14. The van der Waals surface area contributed by atoms with Crippen molar-refractivity contribution < 1.29 is 46.0 Å². The van der Waals surface area contributed by atoms with E-state index in [1.165, 1.54) is 139 Å². The van der Waals surface area contributed by atoms with Crippen LogP contribution in [0.3, 0.4) is 0 Å². The summed E-state index contributed by atoms with van der Waals surface area (Å²) in [7, 11) is 3.66. The fraction of sp³-hybridized carbons (Fsp3) is 1.00. The average Bonchev–Trinajstić information content (AvgIpc) is 3.07. The molecule has 0 aromatic carbocycles. The third-order valence-corrected chi connectivity index (χ3v) is 13.5. The average molecular weight is 849 g/mol. The monoisotopic (exact) mass is 849 g/mol. The standard InChI is InChI=1S/C40H86N2O8P2S2/c1-41(2,3)31-35-49-51(43,44)47-33-25-19-13-9-7-11-15-21-27-37-53-39-29-23-17-18-24-30-40-54-38-28-22-16-12-8-10-14-20-26-34-48-52(45,46)50-36-32-42(4,5)6/h7-40H2,1-6H3. The third kappa shape index (κ3) is 45.5. The number of phosphoric ester groups is 2. The Morgan fingerprint density at radius 3 is 0.796 bits per heavy atom. The molecule has 0 aromatic rings. The Hall–Kier alpha value is 0.840. The van der Waals surface area contributed by atoms with Gasteiger partial charge in [-0.15, -0.1) is 0 Å². The highest BCUT2D eigenvalue weighted by molar-refractivity contribution is 7.99. The summed E-state index contributed by atoms with van der Waals surface area (Å²) in [6.45, 7) is 2.01. The lowest BCUT2D eigenvalue weighted by atomic mass is 10.1. The van der Waals surface area contributed by atoms with Crippen LogP contribution in [0.1, 0.15) is 154 Å². The van der Waals surface area contributed by atoms with Gasteiger partial charge in [-0.2, -0.15) is 23.5 Å². The summed E-state index contributed by atoms with van der Waals surface area (Å²) in [5.74, 6) is 5.26. The van der Waals surface area contributed by atoms with Crippen molar-refractivity contribution in [3.63, 3.8) is 0 Å².